The molecule has 0 radical (unpaired) electrons. The predicted molar refractivity (Wildman–Crippen MR) is 123 cm³/mol. The number of nitrogens with one attached hydrogen (secondary N) is 2. The van der Waals surface area contributed by atoms with Crippen molar-refractivity contribution in [2.24, 2.45) is 4.99 Å². The van der Waals surface area contributed by atoms with Crippen LogP contribution < -0.4 is 15.5 Å². The SMILES string of the molecule is CN=C(NCCCCN(C)c1ccccc1)NCc1cc(C(C)C)no1.I. The fourth-order valence-electron chi connectivity index (χ4n) is 2.57. The summed E-state index contributed by atoms with van der Waals surface area (Å²) < 4.78 is 5.33. The van der Waals surface area contributed by atoms with E-state index in [0.717, 1.165) is 43.3 Å². The summed E-state index contributed by atoms with van der Waals surface area (Å²) in [6.45, 7) is 6.70. The standard InChI is InChI=1S/C20H31N5O.HI/c1-16(2)19-14-18(26-24-19)15-23-20(21-3)22-12-8-9-13-25(4)17-10-6-5-7-11-17;/h5-7,10-11,14,16H,8-9,12-13,15H2,1-4H3,(H2,21,22,23);1H. The van der Waals surface area contributed by atoms with Gasteiger partial charge in [-0.15, -0.1) is 24.0 Å². The van der Waals surface area contributed by atoms with Gasteiger partial charge in [0.2, 0.25) is 0 Å². The molecule has 0 aliphatic rings. The molecule has 0 fully saturated rings. The Morgan fingerprint density at radius 3 is 2.56 bits per heavy atom. The fourth-order valence-corrected chi connectivity index (χ4v) is 2.57. The number of para-hydroxylation sites is 1. The van der Waals surface area contributed by atoms with Crippen molar-refractivity contribution in [1.29, 1.82) is 0 Å². The van der Waals surface area contributed by atoms with Crippen molar-refractivity contribution in [2.75, 3.05) is 32.1 Å². The number of unbranched alkanes of at least 4 members (excludes halogenated alkanes) is 1. The van der Waals surface area contributed by atoms with E-state index in [1.165, 1.54) is 5.69 Å². The van der Waals surface area contributed by atoms with E-state index in [0.29, 0.717) is 12.5 Å². The predicted octanol–water partition coefficient (Wildman–Crippen LogP) is 4.00. The van der Waals surface area contributed by atoms with Gasteiger partial charge in [-0.05, 0) is 30.9 Å². The Hall–Kier alpha value is -1.77. The first kappa shape index (κ1) is 23.3. The Bertz CT molecular complexity index is 672. The van der Waals surface area contributed by atoms with Crippen molar-refractivity contribution in [2.45, 2.75) is 39.2 Å². The summed E-state index contributed by atoms with van der Waals surface area (Å²) in [7, 11) is 3.91. The molecule has 0 bridgehead atoms. The molecule has 0 aliphatic carbocycles. The van der Waals surface area contributed by atoms with Gasteiger partial charge in [0.15, 0.2) is 11.7 Å². The molecule has 2 N–H and O–H groups in total. The molecule has 1 aromatic carbocycles. The minimum absolute atomic E-state index is 0. The summed E-state index contributed by atoms with van der Waals surface area (Å²) in [4.78, 5) is 6.53. The number of benzene rings is 1. The highest BCUT2D eigenvalue weighted by atomic mass is 127. The highest BCUT2D eigenvalue weighted by Gasteiger charge is 2.08. The number of guanidine groups is 1. The lowest BCUT2D eigenvalue weighted by atomic mass is 10.1. The molecule has 2 rings (SSSR count). The van der Waals surface area contributed by atoms with Gasteiger partial charge in [0.1, 0.15) is 0 Å². The van der Waals surface area contributed by atoms with E-state index in [-0.39, 0.29) is 24.0 Å². The van der Waals surface area contributed by atoms with Crippen LogP contribution in [-0.2, 0) is 6.54 Å². The topological polar surface area (TPSA) is 65.7 Å². The molecule has 150 valence electrons. The Kier molecular flexibility index (Phi) is 10.8. The largest absolute Gasteiger partial charge is 0.375 e. The molecule has 6 nitrogen and oxygen atoms in total. The second-order valence-electron chi connectivity index (χ2n) is 6.69. The normalized spacial score (nSPS) is 11.2. The van der Waals surface area contributed by atoms with Crippen molar-refractivity contribution in [3.63, 3.8) is 0 Å². The molecular formula is C20H32IN5O. The maximum Gasteiger partial charge on any atom is 0.191 e. The molecule has 0 saturated heterocycles. The molecule has 0 saturated carbocycles. The Labute approximate surface area is 179 Å². The van der Waals surface area contributed by atoms with Gasteiger partial charge in [-0.3, -0.25) is 4.99 Å². The summed E-state index contributed by atoms with van der Waals surface area (Å²) in [5, 5.41) is 10.7. The van der Waals surface area contributed by atoms with E-state index in [4.69, 9.17) is 4.52 Å². The van der Waals surface area contributed by atoms with Crippen LogP contribution in [0, 0.1) is 0 Å². The number of nitrogens with zero attached hydrogens (tertiary/aromatic N) is 3. The Morgan fingerprint density at radius 2 is 1.93 bits per heavy atom. The number of aromatic nitrogens is 1. The molecule has 1 heterocycles. The lowest BCUT2D eigenvalue weighted by Crippen LogP contribution is -2.37. The van der Waals surface area contributed by atoms with E-state index >= 15 is 0 Å². The third kappa shape index (κ3) is 8.19. The zero-order valence-electron chi connectivity index (χ0n) is 16.7. The summed E-state index contributed by atoms with van der Waals surface area (Å²) >= 11 is 0. The lowest BCUT2D eigenvalue weighted by molar-refractivity contribution is 0.372. The van der Waals surface area contributed by atoms with Crippen molar-refractivity contribution in [3.8, 4) is 0 Å². The summed E-state index contributed by atoms with van der Waals surface area (Å²) in [6.07, 6.45) is 2.20. The average Bonchev–Trinajstić information content (AvgIpc) is 3.14. The molecule has 0 aliphatic heterocycles. The maximum atomic E-state index is 5.33. The Morgan fingerprint density at radius 1 is 1.19 bits per heavy atom. The van der Waals surface area contributed by atoms with Crippen LogP contribution in [0.2, 0.25) is 0 Å². The summed E-state index contributed by atoms with van der Waals surface area (Å²) in [5.41, 5.74) is 2.23. The van der Waals surface area contributed by atoms with Crippen molar-refractivity contribution >= 4 is 35.6 Å². The minimum atomic E-state index is 0. The van der Waals surface area contributed by atoms with Gasteiger partial charge in [-0.2, -0.15) is 0 Å². The van der Waals surface area contributed by atoms with Gasteiger partial charge in [-0.25, -0.2) is 0 Å². The van der Waals surface area contributed by atoms with E-state index in [1.54, 1.807) is 7.05 Å². The average molecular weight is 485 g/mol. The van der Waals surface area contributed by atoms with E-state index in [2.05, 4.69) is 70.8 Å². The Balaban J connectivity index is 0.00000364. The van der Waals surface area contributed by atoms with Gasteiger partial charge in [0.25, 0.3) is 0 Å². The van der Waals surface area contributed by atoms with Crippen molar-refractivity contribution in [3.05, 3.63) is 47.9 Å². The zero-order valence-corrected chi connectivity index (χ0v) is 19.1. The minimum Gasteiger partial charge on any atom is -0.375 e. The zero-order chi connectivity index (χ0) is 18.8. The van der Waals surface area contributed by atoms with Gasteiger partial charge in [0.05, 0.1) is 12.2 Å². The lowest BCUT2D eigenvalue weighted by Gasteiger charge is -2.19. The van der Waals surface area contributed by atoms with E-state index < -0.39 is 0 Å². The molecule has 0 atom stereocenters. The molecule has 0 spiro atoms. The smallest absolute Gasteiger partial charge is 0.191 e. The van der Waals surface area contributed by atoms with Gasteiger partial charge < -0.3 is 20.1 Å². The highest BCUT2D eigenvalue weighted by Crippen LogP contribution is 2.13. The monoisotopic (exact) mass is 485 g/mol. The third-order valence-corrected chi connectivity index (χ3v) is 4.23. The number of aliphatic imine (C=N–C) groups is 1. The molecule has 7 heteroatoms. The van der Waals surface area contributed by atoms with Crippen molar-refractivity contribution < 1.29 is 4.52 Å². The maximum absolute atomic E-state index is 5.33. The highest BCUT2D eigenvalue weighted by molar-refractivity contribution is 14.0. The van der Waals surface area contributed by atoms with Gasteiger partial charge in [-0.1, -0.05) is 37.2 Å². The third-order valence-electron chi connectivity index (χ3n) is 4.23. The van der Waals surface area contributed by atoms with Crippen LogP contribution in [0.5, 0.6) is 0 Å². The second kappa shape index (κ2) is 12.6. The number of anilines is 1. The molecule has 27 heavy (non-hydrogen) atoms. The van der Waals surface area contributed by atoms with Crippen LogP contribution in [0.4, 0.5) is 5.69 Å². The molecular weight excluding hydrogens is 453 g/mol. The van der Waals surface area contributed by atoms with Crippen LogP contribution in [-0.4, -0.2) is 38.3 Å². The quantitative estimate of drug-likeness (QED) is 0.243. The van der Waals surface area contributed by atoms with Gasteiger partial charge in [0, 0.05) is 38.9 Å². The van der Waals surface area contributed by atoms with Crippen molar-refractivity contribution in [1.82, 2.24) is 15.8 Å². The molecule has 0 amide bonds. The number of hydrogen-bond acceptors (Lipinski definition) is 4. The van der Waals surface area contributed by atoms with E-state index in [9.17, 15) is 0 Å². The summed E-state index contributed by atoms with van der Waals surface area (Å²) in [5.74, 6) is 1.98. The first-order chi connectivity index (χ1) is 12.6. The van der Waals surface area contributed by atoms with Crippen LogP contribution in [0.3, 0.4) is 0 Å². The van der Waals surface area contributed by atoms with Gasteiger partial charge >= 0.3 is 0 Å². The fraction of sp³-hybridized carbons (Fsp3) is 0.500. The van der Waals surface area contributed by atoms with E-state index in [1.807, 2.05) is 12.1 Å². The number of halogens is 1. The summed E-state index contributed by atoms with van der Waals surface area (Å²) in [6, 6.07) is 12.5. The molecule has 0 unspecified atom stereocenters. The second-order valence-corrected chi connectivity index (χ2v) is 6.69. The number of rotatable bonds is 9. The van der Waals surface area contributed by atoms with Crippen LogP contribution >= 0.6 is 24.0 Å². The molecule has 2 aromatic rings. The number of hydrogen-bond donors (Lipinski definition) is 2. The first-order valence-corrected chi connectivity index (χ1v) is 9.26. The van der Waals surface area contributed by atoms with Crippen LogP contribution in [0.15, 0.2) is 45.9 Å². The molecule has 1 aromatic heterocycles. The first-order valence-electron chi connectivity index (χ1n) is 9.26. The van der Waals surface area contributed by atoms with Crippen LogP contribution in [0.1, 0.15) is 44.1 Å². The van der Waals surface area contributed by atoms with Crippen LogP contribution in [0.25, 0.3) is 0 Å².